The van der Waals surface area contributed by atoms with E-state index in [0.717, 1.165) is 6.42 Å². The fourth-order valence-corrected chi connectivity index (χ4v) is 3.66. The number of hydrogen-bond donors (Lipinski definition) is 3. The van der Waals surface area contributed by atoms with Gasteiger partial charge in [0.1, 0.15) is 12.9 Å². The van der Waals surface area contributed by atoms with Crippen LogP contribution in [0.25, 0.3) is 0 Å². The molecule has 0 aliphatic heterocycles. The van der Waals surface area contributed by atoms with Gasteiger partial charge >= 0.3 is 12.0 Å². The molecule has 2 rings (SSSR count). The molecule has 1 atom stereocenters. The number of rotatable bonds is 11. The van der Waals surface area contributed by atoms with E-state index in [-0.39, 0.29) is 32.0 Å². The van der Waals surface area contributed by atoms with Crippen LogP contribution < -0.4 is 16.2 Å². The number of nitrogens with two attached hydrogens (primary N) is 2. The fraction of sp³-hybridized carbons (Fsp3) is 0.476. The summed E-state index contributed by atoms with van der Waals surface area (Å²) in [6.45, 7) is 3.44. The molecule has 196 valence electrons. The van der Waals surface area contributed by atoms with Crippen molar-refractivity contribution in [2.75, 3.05) is 26.2 Å². The summed E-state index contributed by atoms with van der Waals surface area (Å²) in [5.41, 5.74) is 7.56. The van der Waals surface area contributed by atoms with E-state index in [0.29, 0.717) is 33.9 Å². The molecule has 0 saturated heterocycles. The molecule has 1 unspecified atom stereocenters. The molecule has 9 nitrogen and oxygen atoms in total. The lowest BCUT2D eigenvalue weighted by Crippen LogP contribution is -2.54. The molecule has 35 heavy (non-hydrogen) atoms. The molecular formula is C21H28Cl3F2N5O4. The van der Waals surface area contributed by atoms with Crippen LogP contribution in [0, 0.1) is 0 Å². The Morgan fingerprint density at radius 1 is 1.26 bits per heavy atom. The van der Waals surface area contributed by atoms with Crippen molar-refractivity contribution < 1.29 is 28.2 Å². The van der Waals surface area contributed by atoms with Gasteiger partial charge in [0.2, 0.25) is 0 Å². The van der Waals surface area contributed by atoms with Crippen molar-refractivity contribution in [1.29, 1.82) is 0 Å². The maximum Gasteiger partial charge on any atom is 0.329 e. The number of carboxylic acid groups (broad SMARTS) is 1. The number of ether oxygens (including phenoxy) is 1. The lowest BCUT2D eigenvalue weighted by atomic mass is 9.95. The summed E-state index contributed by atoms with van der Waals surface area (Å²) in [6, 6.07) is 2.97. The molecule has 0 spiro atoms. The second-order valence-electron chi connectivity index (χ2n) is 7.33. The number of benzene rings is 1. The van der Waals surface area contributed by atoms with Crippen molar-refractivity contribution in [1.82, 2.24) is 14.5 Å². The molecule has 1 heterocycles. The predicted octanol–water partition coefficient (Wildman–Crippen LogP) is 4.37. The zero-order valence-electron chi connectivity index (χ0n) is 19.0. The van der Waals surface area contributed by atoms with Gasteiger partial charge in [-0.05, 0) is 37.9 Å². The smallest absolute Gasteiger partial charge is 0.329 e. The minimum atomic E-state index is -3.07. The zero-order chi connectivity index (χ0) is 26.6. The Balaban J connectivity index is 0.000000434. The molecule has 0 aliphatic rings. The summed E-state index contributed by atoms with van der Waals surface area (Å²) < 4.78 is 31.3. The van der Waals surface area contributed by atoms with E-state index < -0.39 is 17.9 Å². The number of aromatic nitrogens is 2. The van der Waals surface area contributed by atoms with Crippen LogP contribution in [0.3, 0.4) is 0 Å². The number of halogens is 5. The summed E-state index contributed by atoms with van der Waals surface area (Å²) in [5.74, 6) is -1.32. The van der Waals surface area contributed by atoms with Crippen molar-refractivity contribution in [3.63, 3.8) is 0 Å². The number of hydrogen-bond acceptors (Lipinski definition) is 6. The predicted molar refractivity (Wildman–Crippen MR) is 131 cm³/mol. The number of carbonyl (C=O) groups excluding carboxylic acids is 1. The first-order valence-electron chi connectivity index (χ1n) is 10.5. The van der Waals surface area contributed by atoms with E-state index in [1.165, 1.54) is 10.9 Å². The number of amides is 1. The Labute approximate surface area is 216 Å². The van der Waals surface area contributed by atoms with Gasteiger partial charge < -0.3 is 26.2 Å². The Bertz CT molecular complexity index is 930. The minimum absolute atomic E-state index is 0.152. The minimum Gasteiger partial charge on any atom is -0.489 e. The third-order valence-corrected chi connectivity index (χ3v) is 5.42. The van der Waals surface area contributed by atoms with Crippen LogP contribution >= 0.6 is 34.8 Å². The topological polar surface area (TPSA) is 137 Å². The van der Waals surface area contributed by atoms with E-state index in [1.807, 2.05) is 6.92 Å². The van der Waals surface area contributed by atoms with Crippen LogP contribution in [-0.4, -0.2) is 69.8 Å². The first-order valence-corrected chi connectivity index (χ1v) is 11.7. The molecule has 0 bridgehead atoms. The highest BCUT2D eigenvalue weighted by Crippen LogP contribution is 2.35. The average Bonchev–Trinajstić information content (AvgIpc) is 3.33. The monoisotopic (exact) mass is 557 g/mol. The Morgan fingerprint density at radius 2 is 1.89 bits per heavy atom. The summed E-state index contributed by atoms with van der Waals surface area (Å²) in [5, 5.41) is 9.50. The molecular weight excluding hydrogens is 531 g/mol. The van der Waals surface area contributed by atoms with Crippen molar-refractivity contribution in [2.24, 2.45) is 11.5 Å². The van der Waals surface area contributed by atoms with Crippen LogP contribution in [0.2, 0.25) is 15.1 Å². The van der Waals surface area contributed by atoms with Crippen molar-refractivity contribution in [2.45, 2.75) is 38.2 Å². The molecule has 0 fully saturated rings. The lowest BCUT2D eigenvalue weighted by molar-refractivity contribution is -0.150. The van der Waals surface area contributed by atoms with Crippen molar-refractivity contribution in [3.8, 4) is 5.75 Å². The number of aliphatic carboxylic acids is 1. The maximum atomic E-state index is 12.3. The van der Waals surface area contributed by atoms with Gasteiger partial charge in [0, 0.05) is 24.0 Å². The van der Waals surface area contributed by atoms with Gasteiger partial charge in [0.25, 0.3) is 6.43 Å². The standard InChI is InChI=1S/C15H16Cl3N3O2.C6H12F2N2O2/c1-2-4-20(15(22)21-5-3-19-10-21)6-7-23-14-12(17)8-11(16)9-13(14)18;7-4(8)6(10,5(11)12)2-1-3-9/h3,5,8-10H,2,4,6-7H2,1H3;4H,1-3,9-10H2,(H,11,12). The molecule has 1 aromatic heterocycles. The SMILES string of the molecule is CCCN(CCOc1c(Cl)cc(Cl)cc1Cl)C(=O)n1ccnc1.NCCCC(N)(C(=O)O)C(F)F. The quantitative estimate of drug-likeness (QED) is 0.372. The molecule has 2 aromatic rings. The molecule has 0 saturated carbocycles. The van der Waals surface area contributed by atoms with Gasteiger partial charge in [-0.15, -0.1) is 0 Å². The van der Waals surface area contributed by atoms with E-state index in [4.69, 9.17) is 56.1 Å². The van der Waals surface area contributed by atoms with Crippen LogP contribution in [-0.2, 0) is 4.79 Å². The maximum absolute atomic E-state index is 12.3. The number of imidazole rings is 1. The van der Waals surface area contributed by atoms with Crippen molar-refractivity contribution in [3.05, 3.63) is 45.9 Å². The highest BCUT2D eigenvalue weighted by molar-refractivity contribution is 6.40. The Hall–Kier alpha value is -2.18. The zero-order valence-corrected chi connectivity index (χ0v) is 21.2. The van der Waals surface area contributed by atoms with Gasteiger partial charge in [-0.2, -0.15) is 0 Å². The third kappa shape index (κ3) is 9.42. The molecule has 1 amide bonds. The van der Waals surface area contributed by atoms with Gasteiger partial charge in [-0.3, -0.25) is 4.57 Å². The summed E-state index contributed by atoms with van der Waals surface area (Å²) >= 11 is 18.0. The summed E-state index contributed by atoms with van der Waals surface area (Å²) in [6.07, 6.45) is 2.28. The normalized spacial score (nSPS) is 12.5. The molecule has 5 N–H and O–H groups in total. The first-order chi connectivity index (χ1) is 16.5. The van der Waals surface area contributed by atoms with Gasteiger partial charge in [-0.25, -0.2) is 23.4 Å². The van der Waals surface area contributed by atoms with E-state index in [9.17, 15) is 18.4 Å². The summed E-state index contributed by atoms with van der Waals surface area (Å²) in [4.78, 5) is 28.2. The summed E-state index contributed by atoms with van der Waals surface area (Å²) in [7, 11) is 0. The molecule has 0 aliphatic carbocycles. The van der Waals surface area contributed by atoms with E-state index in [2.05, 4.69) is 4.98 Å². The van der Waals surface area contributed by atoms with Crippen LogP contribution in [0.5, 0.6) is 5.75 Å². The average molecular weight is 559 g/mol. The Kier molecular flexibility index (Phi) is 13.3. The molecule has 0 radical (unpaired) electrons. The van der Waals surface area contributed by atoms with Gasteiger partial charge in [0.15, 0.2) is 11.3 Å². The van der Waals surface area contributed by atoms with E-state index >= 15 is 0 Å². The lowest BCUT2D eigenvalue weighted by Gasteiger charge is -2.22. The number of carboxylic acids is 1. The highest BCUT2D eigenvalue weighted by atomic mass is 35.5. The fourth-order valence-electron chi connectivity index (χ4n) is 2.74. The van der Waals surface area contributed by atoms with Gasteiger partial charge in [0.05, 0.1) is 16.6 Å². The van der Waals surface area contributed by atoms with Crippen molar-refractivity contribution >= 4 is 46.8 Å². The van der Waals surface area contributed by atoms with Crippen LogP contribution in [0.4, 0.5) is 13.6 Å². The number of carbonyl (C=O) groups is 2. The van der Waals surface area contributed by atoms with Crippen LogP contribution in [0.1, 0.15) is 26.2 Å². The molecule has 14 heteroatoms. The van der Waals surface area contributed by atoms with Crippen LogP contribution in [0.15, 0.2) is 30.9 Å². The largest absolute Gasteiger partial charge is 0.489 e. The number of nitrogens with zero attached hydrogens (tertiary/aromatic N) is 3. The second-order valence-corrected chi connectivity index (χ2v) is 8.58. The Morgan fingerprint density at radius 3 is 2.34 bits per heavy atom. The number of alkyl halides is 2. The van der Waals surface area contributed by atoms with E-state index in [1.54, 1.807) is 29.4 Å². The first kappa shape index (κ1) is 30.9. The highest BCUT2D eigenvalue weighted by Gasteiger charge is 2.43. The second kappa shape index (κ2) is 15.0. The van der Waals surface area contributed by atoms with Gasteiger partial charge in [-0.1, -0.05) is 41.7 Å². The third-order valence-electron chi connectivity index (χ3n) is 4.64. The molecule has 1 aromatic carbocycles.